The van der Waals surface area contributed by atoms with Gasteiger partial charge >= 0.3 is 5.69 Å². The van der Waals surface area contributed by atoms with Crippen LogP contribution in [-0.4, -0.2) is 14.9 Å². The Hall–Kier alpha value is -2.74. The van der Waals surface area contributed by atoms with Gasteiger partial charge in [0.25, 0.3) is 0 Å². The summed E-state index contributed by atoms with van der Waals surface area (Å²) in [5.74, 6) is 5.68. The molecule has 0 aliphatic heterocycles. The fourth-order valence-electron chi connectivity index (χ4n) is 1.40. The van der Waals surface area contributed by atoms with Crippen LogP contribution in [0.5, 0.6) is 11.6 Å². The van der Waals surface area contributed by atoms with Crippen molar-refractivity contribution in [3.63, 3.8) is 0 Å². The number of hydrogen-bond donors (Lipinski definition) is 2. The fourth-order valence-corrected chi connectivity index (χ4v) is 1.40. The molecule has 0 unspecified atom stereocenters. The molecule has 0 radical (unpaired) electrons. The van der Waals surface area contributed by atoms with Crippen LogP contribution < -0.4 is 16.0 Å². The number of hydrazine groups is 1. The first-order valence-electron chi connectivity index (χ1n) is 5.33. The molecule has 0 bridgehead atoms. The summed E-state index contributed by atoms with van der Waals surface area (Å²) < 4.78 is 5.46. The molecule has 0 fully saturated rings. The first-order valence-corrected chi connectivity index (χ1v) is 5.33. The Kier molecular flexibility index (Phi) is 3.53. The summed E-state index contributed by atoms with van der Waals surface area (Å²) in [6, 6.07) is 6.05. The van der Waals surface area contributed by atoms with Crippen molar-refractivity contribution < 1.29 is 9.66 Å². The van der Waals surface area contributed by atoms with E-state index in [0.717, 1.165) is 0 Å². The molecule has 98 valence electrons. The highest BCUT2D eigenvalue weighted by Gasteiger charge is 2.16. The lowest BCUT2D eigenvalue weighted by atomic mass is 10.3. The molecule has 0 amide bonds. The number of aromatic nitrogens is 2. The zero-order valence-corrected chi connectivity index (χ0v) is 10.0. The van der Waals surface area contributed by atoms with Crippen LogP contribution in [0, 0.1) is 17.0 Å². The van der Waals surface area contributed by atoms with Gasteiger partial charge in [-0.2, -0.15) is 4.98 Å². The number of nitrogen functional groups attached to an aromatic ring is 1. The van der Waals surface area contributed by atoms with Gasteiger partial charge in [0, 0.05) is 17.8 Å². The zero-order valence-electron chi connectivity index (χ0n) is 10.0. The van der Waals surface area contributed by atoms with E-state index in [1.54, 1.807) is 19.1 Å². The van der Waals surface area contributed by atoms with Crippen LogP contribution in [0.1, 0.15) is 5.56 Å². The molecular formula is C11H11N5O3. The van der Waals surface area contributed by atoms with Crippen molar-refractivity contribution in [1.82, 2.24) is 9.97 Å². The van der Waals surface area contributed by atoms with E-state index in [-0.39, 0.29) is 23.3 Å². The molecule has 3 N–H and O–H groups in total. The Balaban J connectivity index is 2.38. The van der Waals surface area contributed by atoms with Crippen LogP contribution in [0.25, 0.3) is 0 Å². The minimum atomic E-state index is -0.520. The highest BCUT2D eigenvalue weighted by molar-refractivity contribution is 5.48. The van der Waals surface area contributed by atoms with E-state index in [0.29, 0.717) is 5.56 Å². The average molecular weight is 261 g/mol. The molecule has 1 heterocycles. The van der Waals surface area contributed by atoms with E-state index in [4.69, 9.17) is 10.6 Å². The number of nitrogens with zero attached hydrogens (tertiary/aromatic N) is 3. The predicted octanol–water partition coefficient (Wildman–Crippen LogP) is 1.77. The van der Waals surface area contributed by atoms with E-state index in [1.165, 1.54) is 18.3 Å². The summed E-state index contributed by atoms with van der Waals surface area (Å²) in [6.07, 6.45) is 1.51. The third-order valence-electron chi connectivity index (χ3n) is 2.32. The van der Waals surface area contributed by atoms with Crippen LogP contribution in [0.2, 0.25) is 0 Å². The summed E-state index contributed by atoms with van der Waals surface area (Å²) in [5, 5.41) is 10.9. The normalized spacial score (nSPS) is 10.0. The molecule has 1 aromatic heterocycles. The fraction of sp³-hybridized carbons (Fsp3) is 0.0909. The number of anilines is 1. The number of aryl methyl sites for hydroxylation is 1. The maximum atomic E-state index is 10.9. The van der Waals surface area contributed by atoms with E-state index >= 15 is 0 Å². The summed E-state index contributed by atoms with van der Waals surface area (Å²) in [6.45, 7) is 1.73. The van der Waals surface area contributed by atoms with Crippen molar-refractivity contribution in [3.05, 3.63) is 46.1 Å². The smallest absolute Gasteiger partial charge is 0.311 e. The Morgan fingerprint density at radius 3 is 2.84 bits per heavy atom. The highest BCUT2D eigenvalue weighted by Crippen LogP contribution is 2.31. The van der Waals surface area contributed by atoms with Gasteiger partial charge in [-0.1, -0.05) is 12.1 Å². The third-order valence-corrected chi connectivity index (χ3v) is 2.32. The van der Waals surface area contributed by atoms with Gasteiger partial charge in [-0.05, 0) is 13.0 Å². The summed E-state index contributed by atoms with van der Waals surface area (Å²) in [7, 11) is 0. The number of nitro groups is 1. The number of nitrogens with one attached hydrogen (secondary N) is 1. The van der Waals surface area contributed by atoms with Crippen LogP contribution in [-0.2, 0) is 0 Å². The molecule has 0 aliphatic carbocycles. The van der Waals surface area contributed by atoms with Gasteiger partial charge in [0.1, 0.15) is 0 Å². The molecule has 0 saturated carbocycles. The van der Waals surface area contributed by atoms with Gasteiger partial charge in [0.15, 0.2) is 0 Å². The molecule has 2 aromatic rings. The molecule has 2 rings (SSSR count). The summed E-state index contributed by atoms with van der Waals surface area (Å²) in [5.41, 5.74) is 2.78. The van der Waals surface area contributed by atoms with Crippen LogP contribution >= 0.6 is 0 Å². The topological polar surface area (TPSA) is 116 Å². The maximum absolute atomic E-state index is 10.9. The van der Waals surface area contributed by atoms with E-state index in [1.807, 2.05) is 0 Å². The van der Waals surface area contributed by atoms with Gasteiger partial charge in [0.2, 0.25) is 17.6 Å². The Labute approximate surface area is 108 Å². The number of nitro benzene ring substituents is 1. The lowest BCUT2D eigenvalue weighted by molar-refractivity contribution is -0.385. The number of nitrogens with two attached hydrogens (primary N) is 1. The highest BCUT2D eigenvalue weighted by atomic mass is 16.6. The molecule has 0 spiro atoms. The molecular weight excluding hydrogens is 250 g/mol. The van der Waals surface area contributed by atoms with E-state index < -0.39 is 4.92 Å². The number of hydrogen-bond acceptors (Lipinski definition) is 7. The molecule has 19 heavy (non-hydrogen) atoms. The molecule has 0 saturated heterocycles. The van der Waals surface area contributed by atoms with Crippen molar-refractivity contribution in [3.8, 4) is 11.6 Å². The van der Waals surface area contributed by atoms with Gasteiger partial charge in [0.05, 0.1) is 4.92 Å². The Morgan fingerprint density at radius 2 is 2.16 bits per heavy atom. The second kappa shape index (κ2) is 5.27. The van der Waals surface area contributed by atoms with Crippen LogP contribution in [0.15, 0.2) is 30.5 Å². The molecule has 0 atom stereocenters. The van der Waals surface area contributed by atoms with Crippen molar-refractivity contribution in [1.29, 1.82) is 0 Å². The van der Waals surface area contributed by atoms with Gasteiger partial charge in [-0.15, -0.1) is 0 Å². The van der Waals surface area contributed by atoms with Crippen LogP contribution in [0.3, 0.4) is 0 Å². The molecule has 1 aromatic carbocycles. The van der Waals surface area contributed by atoms with E-state index in [2.05, 4.69) is 15.4 Å². The number of benzene rings is 1. The number of para-hydroxylation sites is 2. The number of ether oxygens (including phenoxy) is 1. The number of rotatable bonds is 4. The second-order valence-corrected chi connectivity index (χ2v) is 3.65. The van der Waals surface area contributed by atoms with Gasteiger partial charge in [-0.25, -0.2) is 10.8 Å². The average Bonchev–Trinajstić information content (AvgIpc) is 2.41. The maximum Gasteiger partial charge on any atom is 0.311 e. The zero-order chi connectivity index (χ0) is 13.8. The van der Waals surface area contributed by atoms with Crippen molar-refractivity contribution in [2.24, 2.45) is 5.84 Å². The minimum Gasteiger partial charge on any atom is -0.431 e. The SMILES string of the molecule is Cc1cnc(NN)nc1Oc1ccccc1[N+](=O)[O-]. The molecule has 0 aliphatic rings. The quantitative estimate of drug-likeness (QED) is 0.489. The van der Waals surface area contributed by atoms with Crippen molar-refractivity contribution in [2.45, 2.75) is 6.92 Å². The van der Waals surface area contributed by atoms with E-state index in [9.17, 15) is 10.1 Å². The monoisotopic (exact) mass is 261 g/mol. The lowest BCUT2D eigenvalue weighted by Crippen LogP contribution is -2.11. The Bertz CT molecular complexity index is 617. The molecule has 8 nitrogen and oxygen atoms in total. The lowest BCUT2D eigenvalue weighted by Gasteiger charge is -2.08. The second-order valence-electron chi connectivity index (χ2n) is 3.65. The minimum absolute atomic E-state index is 0.109. The summed E-state index contributed by atoms with van der Waals surface area (Å²) in [4.78, 5) is 18.3. The predicted molar refractivity (Wildman–Crippen MR) is 67.7 cm³/mol. The van der Waals surface area contributed by atoms with Gasteiger partial charge in [-0.3, -0.25) is 15.5 Å². The Morgan fingerprint density at radius 1 is 1.42 bits per heavy atom. The van der Waals surface area contributed by atoms with Gasteiger partial charge < -0.3 is 4.74 Å². The van der Waals surface area contributed by atoms with Crippen LogP contribution in [0.4, 0.5) is 11.6 Å². The largest absolute Gasteiger partial charge is 0.431 e. The van der Waals surface area contributed by atoms with Crippen molar-refractivity contribution in [2.75, 3.05) is 5.43 Å². The molecule has 8 heteroatoms. The first kappa shape index (κ1) is 12.7. The standard InChI is InChI=1S/C11H11N5O3/c1-7-6-13-11(15-12)14-10(7)19-9-5-3-2-4-8(9)16(17)18/h2-6H,12H2,1H3,(H,13,14,15). The van der Waals surface area contributed by atoms with Crippen molar-refractivity contribution >= 4 is 11.6 Å². The third kappa shape index (κ3) is 2.75. The summed E-state index contributed by atoms with van der Waals surface area (Å²) >= 11 is 0. The first-order chi connectivity index (χ1) is 9.11.